The average molecular weight is 507 g/mol. The minimum Gasteiger partial charge on any atom is -0.493 e. The molecule has 2 aromatic heterocycles. The lowest BCUT2D eigenvalue weighted by atomic mass is 9.87. The van der Waals surface area contributed by atoms with Crippen LogP contribution in [-0.4, -0.2) is 78.6 Å². The molecular weight excluding hydrogens is 476 g/mol. The van der Waals surface area contributed by atoms with Crippen LogP contribution in [-0.2, 0) is 4.74 Å². The SMILES string of the molecule is COc1cc(Nc2nccc(Nc3cnc4c(c3)OCCO4)n2)ccc1OC1CC(N2CCOCC2)C1. The molecule has 2 N–H and O–H groups in total. The third kappa shape index (κ3) is 5.47. The lowest BCUT2D eigenvalue weighted by molar-refractivity contribution is -0.0378. The molecule has 11 heteroatoms. The van der Waals surface area contributed by atoms with Crippen molar-refractivity contribution in [1.82, 2.24) is 19.9 Å². The standard InChI is InChI=1S/C26H30N6O5/c1-33-22-12-17(2-3-21(22)37-20-14-19(15-20)32-6-8-34-9-7-32)30-26-27-5-4-24(31-26)29-18-13-23-25(28-16-18)36-11-10-35-23/h2-5,12-13,16,19-20H,6-11,14-15H2,1H3,(H2,27,29,30,31). The second-order valence-electron chi connectivity index (χ2n) is 9.12. The zero-order chi connectivity index (χ0) is 25.0. The summed E-state index contributed by atoms with van der Waals surface area (Å²) in [5.74, 6) is 3.56. The summed E-state index contributed by atoms with van der Waals surface area (Å²) in [5.41, 5.74) is 1.53. The molecule has 6 rings (SSSR count). The number of hydrogen-bond acceptors (Lipinski definition) is 11. The molecule has 194 valence electrons. The molecule has 1 saturated heterocycles. The molecule has 0 unspecified atom stereocenters. The number of rotatable bonds is 8. The highest BCUT2D eigenvalue weighted by Gasteiger charge is 2.36. The molecule has 2 aliphatic heterocycles. The predicted molar refractivity (Wildman–Crippen MR) is 137 cm³/mol. The fourth-order valence-corrected chi connectivity index (χ4v) is 4.66. The third-order valence-corrected chi connectivity index (χ3v) is 6.67. The molecule has 0 radical (unpaired) electrons. The normalized spacial score (nSPS) is 21.0. The van der Waals surface area contributed by atoms with E-state index in [1.165, 1.54) is 0 Å². The molecule has 0 bridgehead atoms. The van der Waals surface area contributed by atoms with Crippen molar-refractivity contribution in [3.05, 3.63) is 42.7 Å². The number of fused-ring (bicyclic) bond motifs is 1. The zero-order valence-corrected chi connectivity index (χ0v) is 20.7. The van der Waals surface area contributed by atoms with E-state index in [4.69, 9.17) is 23.7 Å². The molecule has 1 aliphatic carbocycles. The van der Waals surface area contributed by atoms with E-state index in [-0.39, 0.29) is 6.10 Å². The van der Waals surface area contributed by atoms with Gasteiger partial charge in [-0.3, -0.25) is 4.90 Å². The van der Waals surface area contributed by atoms with Gasteiger partial charge in [0.1, 0.15) is 25.1 Å². The summed E-state index contributed by atoms with van der Waals surface area (Å²) in [6.07, 6.45) is 5.60. The Hall–Kier alpha value is -3.83. The Kier molecular flexibility index (Phi) is 6.78. The van der Waals surface area contributed by atoms with Crippen LogP contribution in [0.5, 0.6) is 23.1 Å². The maximum absolute atomic E-state index is 6.25. The van der Waals surface area contributed by atoms with Crippen LogP contribution in [0.4, 0.5) is 23.1 Å². The first-order chi connectivity index (χ1) is 18.2. The van der Waals surface area contributed by atoms with Crippen molar-refractivity contribution in [2.24, 2.45) is 0 Å². The summed E-state index contributed by atoms with van der Waals surface area (Å²) in [6.45, 7) is 4.66. The molecule has 3 aliphatic rings. The van der Waals surface area contributed by atoms with Gasteiger partial charge in [-0.25, -0.2) is 9.97 Å². The largest absolute Gasteiger partial charge is 0.493 e. The first-order valence-corrected chi connectivity index (χ1v) is 12.5. The van der Waals surface area contributed by atoms with Gasteiger partial charge in [-0.2, -0.15) is 4.98 Å². The van der Waals surface area contributed by atoms with E-state index in [0.717, 1.165) is 56.3 Å². The van der Waals surface area contributed by atoms with Crippen molar-refractivity contribution >= 4 is 23.1 Å². The number of ether oxygens (including phenoxy) is 5. The van der Waals surface area contributed by atoms with Crippen molar-refractivity contribution in [2.75, 3.05) is 57.3 Å². The van der Waals surface area contributed by atoms with Crippen LogP contribution in [0.3, 0.4) is 0 Å². The monoisotopic (exact) mass is 506 g/mol. The minimum absolute atomic E-state index is 0.196. The maximum atomic E-state index is 6.25. The lowest BCUT2D eigenvalue weighted by Gasteiger charge is -2.44. The highest BCUT2D eigenvalue weighted by atomic mass is 16.6. The molecule has 37 heavy (non-hydrogen) atoms. The fraction of sp³-hybridized carbons (Fsp3) is 0.423. The van der Waals surface area contributed by atoms with Gasteiger partial charge < -0.3 is 34.3 Å². The smallest absolute Gasteiger partial charge is 0.257 e. The molecule has 1 saturated carbocycles. The van der Waals surface area contributed by atoms with Gasteiger partial charge >= 0.3 is 0 Å². The quantitative estimate of drug-likeness (QED) is 0.469. The summed E-state index contributed by atoms with van der Waals surface area (Å²) in [4.78, 5) is 15.7. The predicted octanol–water partition coefficient (Wildman–Crippen LogP) is 3.38. The summed E-state index contributed by atoms with van der Waals surface area (Å²) < 4.78 is 28.4. The van der Waals surface area contributed by atoms with Crippen molar-refractivity contribution < 1.29 is 23.7 Å². The molecule has 0 spiro atoms. The van der Waals surface area contributed by atoms with Crippen molar-refractivity contribution in [2.45, 2.75) is 25.0 Å². The topological polar surface area (TPSA) is 112 Å². The Morgan fingerprint density at radius 2 is 1.78 bits per heavy atom. The molecule has 0 atom stereocenters. The van der Waals surface area contributed by atoms with E-state index >= 15 is 0 Å². The lowest BCUT2D eigenvalue weighted by Crippen LogP contribution is -2.52. The van der Waals surface area contributed by atoms with Crippen molar-refractivity contribution in [3.63, 3.8) is 0 Å². The third-order valence-electron chi connectivity index (χ3n) is 6.67. The number of anilines is 4. The van der Waals surface area contributed by atoms with Crippen LogP contribution < -0.4 is 29.6 Å². The van der Waals surface area contributed by atoms with Crippen LogP contribution in [0.2, 0.25) is 0 Å². The number of morpholine rings is 1. The molecule has 3 aromatic rings. The van der Waals surface area contributed by atoms with Gasteiger partial charge in [0.25, 0.3) is 5.88 Å². The molecule has 2 fully saturated rings. The van der Waals surface area contributed by atoms with E-state index in [2.05, 4.69) is 30.5 Å². The number of hydrogen-bond donors (Lipinski definition) is 2. The Morgan fingerprint density at radius 3 is 2.65 bits per heavy atom. The number of aromatic nitrogens is 3. The van der Waals surface area contributed by atoms with Crippen LogP contribution in [0.15, 0.2) is 42.7 Å². The first-order valence-electron chi connectivity index (χ1n) is 12.5. The van der Waals surface area contributed by atoms with Gasteiger partial charge in [0.2, 0.25) is 5.95 Å². The maximum Gasteiger partial charge on any atom is 0.257 e. The summed E-state index contributed by atoms with van der Waals surface area (Å²) in [7, 11) is 1.64. The van der Waals surface area contributed by atoms with Gasteiger partial charge in [-0.15, -0.1) is 0 Å². The summed E-state index contributed by atoms with van der Waals surface area (Å²) in [6, 6.07) is 9.95. The van der Waals surface area contributed by atoms with E-state index in [9.17, 15) is 0 Å². The molecule has 1 aromatic carbocycles. The average Bonchev–Trinajstić information content (AvgIpc) is 2.91. The number of benzene rings is 1. The molecule has 4 heterocycles. The first kappa shape index (κ1) is 23.6. The Morgan fingerprint density at radius 1 is 0.919 bits per heavy atom. The fourth-order valence-electron chi connectivity index (χ4n) is 4.66. The molecular formula is C26H30N6O5. The number of methoxy groups -OCH3 is 1. The van der Waals surface area contributed by atoms with Gasteiger partial charge in [-0.05, 0) is 18.2 Å². The highest BCUT2D eigenvalue weighted by Crippen LogP contribution is 2.37. The van der Waals surface area contributed by atoms with E-state index in [1.807, 2.05) is 24.3 Å². The molecule has 0 amide bonds. The van der Waals surface area contributed by atoms with Gasteiger partial charge in [0.05, 0.1) is 32.2 Å². The van der Waals surface area contributed by atoms with Crippen LogP contribution in [0.25, 0.3) is 0 Å². The zero-order valence-electron chi connectivity index (χ0n) is 20.7. The van der Waals surface area contributed by atoms with Crippen LogP contribution in [0.1, 0.15) is 12.8 Å². The number of nitrogens with one attached hydrogen (secondary N) is 2. The van der Waals surface area contributed by atoms with Gasteiger partial charge in [0.15, 0.2) is 17.2 Å². The van der Waals surface area contributed by atoms with Gasteiger partial charge in [0, 0.05) is 56.0 Å². The Labute approximate surface area is 215 Å². The van der Waals surface area contributed by atoms with E-state index in [1.54, 1.807) is 25.6 Å². The van der Waals surface area contributed by atoms with Gasteiger partial charge in [-0.1, -0.05) is 0 Å². The van der Waals surface area contributed by atoms with E-state index in [0.29, 0.717) is 48.4 Å². The van der Waals surface area contributed by atoms with Crippen molar-refractivity contribution in [1.29, 1.82) is 0 Å². The minimum atomic E-state index is 0.196. The highest BCUT2D eigenvalue weighted by molar-refractivity contribution is 5.63. The van der Waals surface area contributed by atoms with Crippen LogP contribution >= 0.6 is 0 Å². The number of pyridine rings is 1. The molecule has 11 nitrogen and oxygen atoms in total. The number of nitrogens with zero attached hydrogens (tertiary/aromatic N) is 4. The second kappa shape index (κ2) is 10.7. The van der Waals surface area contributed by atoms with Crippen molar-refractivity contribution in [3.8, 4) is 23.1 Å². The van der Waals surface area contributed by atoms with Crippen LogP contribution in [0, 0.1) is 0 Å². The Bertz CT molecular complexity index is 1230. The second-order valence-corrected chi connectivity index (χ2v) is 9.12. The Balaban J connectivity index is 1.07. The summed E-state index contributed by atoms with van der Waals surface area (Å²) >= 11 is 0. The summed E-state index contributed by atoms with van der Waals surface area (Å²) in [5, 5.41) is 6.47. The van der Waals surface area contributed by atoms with E-state index < -0.39 is 0 Å².